The summed E-state index contributed by atoms with van der Waals surface area (Å²) in [6.07, 6.45) is 0.813. The maximum atomic E-state index is 8.92. The molecule has 1 unspecified atom stereocenters. The van der Waals surface area contributed by atoms with Crippen molar-refractivity contribution in [3.05, 3.63) is 28.8 Å². The summed E-state index contributed by atoms with van der Waals surface area (Å²) in [6.45, 7) is 6.25. The van der Waals surface area contributed by atoms with Crippen LogP contribution in [0.1, 0.15) is 25.8 Å². The Kier molecular flexibility index (Phi) is 6.97. The van der Waals surface area contributed by atoms with Gasteiger partial charge < -0.3 is 10.4 Å². The molecular weight excluding hydrogens is 254 g/mol. The molecule has 0 aromatic heterocycles. The van der Waals surface area contributed by atoms with Crippen LogP contribution in [-0.4, -0.2) is 23.5 Å². The van der Waals surface area contributed by atoms with E-state index in [4.69, 9.17) is 16.7 Å². The lowest BCUT2D eigenvalue weighted by Crippen LogP contribution is -2.12. The highest BCUT2D eigenvalue weighted by molar-refractivity contribution is 8.00. The van der Waals surface area contributed by atoms with Crippen molar-refractivity contribution in [1.82, 2.24) is 5.32 Å². The number of nitrogens with one attached hydrogen (secondary N) is 1. The van der Waals surface area contributed by atoms with E-state index in [2.05, 4.69) is 25.2 Å². The van der Waals surface area contributed by atoms with E-state index in [-0.39, 0.29) is 6.61 Å². The van der Waals surface area contributed by atoms with Crippen molar-refractivity contribution in [2.24, 2.45) is 0 Å². The Balaban J connectivity index is 2.74. The van der Waals surface area contributed by atoms with Crippen LogP contribution in [-0.2, 0) is 6.54 Å². The third-order valence-corrected chi connectivity index (χ3v) is 3.98. The SMILES string of the molecule is CCNCc1cc(Cl)ccc1SC(C)CCO. The van der Waals surface area contributed by atoms with Crippen molar-refractivity contribution in [3.8, 4) is 0 Å². The third-order valence-electron chi connectivity index (χ3n) is 2.45. The van der Waals surface area contributed by atoms with Gasteiger partial charge in [0.15, 0.2) is 0 Å². The lowest BCUT2D eigenvalue weighted by Gasteiger charge is -2.14. The number of halogens is 1. The number of hydrogen-bond acceptors (Lipinski definition) is 3. The molecule has 2 nitrogen and oxygen atoms in total. The molecule has 1 aromatic rings. The summed E-state index contributed by atoms with van der Waals surface area (Å²) >= 11 is 7.81. The summed E-state index contributed by atoms with van der Waals surface area (Å²) in [5.41, 5.74) is 1.23. The Morgan fingerprint density at radius 2 is 2.24 bits per heavy atom. The van der Waals surface area contributed by atoms with Crippen LogP contribution in [0.4, 0.5) is 0 Å². The molecule has 0 radical (unpaired) electrons. The van der Waals surface area contributed by atoms with Crippen molar-refractivity contribution in [2.45, 2.75) is 37.0 Å². The van der Waals surface area contributed by atoms with Gasteiger partial charge in [0, 0.05) is 28.3 Å². The number of aliphatic hydroxyl groups is 1. The van der Waals surface area contributed by atoms with Crippen LogP contribution in [0.5, 0.6) is 0 Å². The summed E-state index contributed by atoms with van der Waals surface area (Å²) in [5, 5.41) is 13.4. The minimum atomic E-state index is 0.240. The van der Waals surface area contributed by atoms with Crippen LogP contribution < -0.4 is 5.32 Å². The fourth-order valence-corrected chi connectivity index (χ4v) is 2.80. The maximum Gasteiger partial charge on any atom is 0.0441 e. The van der Waals surface area contributed by atoms with Gasteiger partial charge in [-0.05, 0) is 36.7 Å². The standard InChI is InChI=1S/C13H20ClNOS/c1-3-15-9-11-8-12(14)4-5-13(11)17-10(2)6-7-16/h4-5,8,10,15-16H,3,6-7,9H2,1-2H3. The van der Waals surface area contributed by atoms with Gasteiger partial charge in [0.1, 0.15) is 0 Å². The quantitative estimate of drug-likeness (QED) is 0.748. The Morgan fingerprint density at radius 3 is 2.88 bits per heavy atom. The molecular formula is C13H20ClNOS. The molecule has 0 aliphatic carbocycles. The van der Waals surface area contributed by atoms with Crippen molar-refractivity contribution in [2.75, 3.05) is 13.2 Å². The van der Waals surface area contributed by atoms with Crippen LogP contribution in [0.25, 0.3) is 0 Å². The van der Waals surface area contributed by atoms with Crippen molar-refractivity contribution in [1.29, 1.82) is 0 Å². The van der Waals surface area contributed by atoms with Crippen LogP contribution in [0.2, 0.25) is 5.02 Å². The Labute approximate surface area is 113 Å². The second-order valence-electron chi connectivity index (χ2n) is 3.97. The fraction of sp³-hybridized carbons (Fsp3) is 0.538. The maximum absolute atomic E-state index is 8.92. The lowest BCUT2D eigenvalue weighted by molar-refractivity contribution is 0.289. The molecule has 1 atom stereocenters. The predicted molar refractivity (Wildman–Crippen MR) is 75.9 cm³/mol. The first kappa shape index (κ1) is 14.8. The Bertz CT molecular complexity index is 346. The third kappa shape index (κ3) is 5.30. The van der Waals surface area contributed by atoms with Gasteiger partial charge in [0.25, 0.3) is 0 Å². The van der Waals surface area contributed by atoms with Gasteiger partial charge in [-0.15, -0.1) is 11.8 Å². The summed E-state index contributed by atoms with van der Waals surface area (Å²) in [7, 11) is 0. The van der Waals surface area contributed by atoms with E-state index < -0.39 is 0 Å². The van der Waals surface area contributed by atoms with E-state index in [1.165, 1.54) is 10.5 Å². The van der Waals surface area contributed by atoms with E-state index in [0.29, 0.717) is 5.25 Å². The summed E-state index contributed by atoms with van der Waals surface area (Å²) in [6, 6.07) is 6.00. The summed E-state index contributed by atoms with van der Waals surface area (Å²) < 4.78 is 0. The van der Waals surface area contributed by atoms with Gasteiger partial charge in [0.05, 0.1) is 0 Å². The molecule has 2 N–H and O–H groups in total. The average molecular weight is 274 g/mol. The van der Waals surface area contributed by atoms with Gasteiger partial charge in [-0.25, -0.2) is 0 Å². The molecule has 0 aliphatic rings. The van der Waals surface area contributed by atoms with Crippen LogP contribution in [0, 0.1) is 0 Å². The van der Waals surface area contributed by atoms with E-state index in [1.807, 2.05) is 12.1 Å². The molecule has 0 bridgehead atoms. The second-order valence-corrected chi connectivity index (χ2v) is 5.89. The fourth-order valence-electron chi connectivity index (χ4n) is 1.52. The monoisotopic (exact) mass is 273 g/mol. The zero-order valence-corrected chi connectivity index (χ0v) is 11.9. The van der Waals surface area contributed by atoms with E-state index >= 15 is 0 Å². The van der Waals surface area contributed by atoms with Gasteiger partial charge >= 0.3 is 0 Å². The summed E-state index contributed by atoms with van der Waals surface area (Å²) in [5.74, 6) is 0. The first-order chi connectivity index (χ1) is 8.17. The van der Waals surface area contributed by atoms with Crippen molar-refractivity contribution < 1.29 is 5.11 Å². The van der Waals surface area contributed by atoms with Gasteiger partial charge in [0.2, 0.25) is 0 Å². The highest BCUT2D eigenvalue weighted by Crippen LogP contribution is 2.30. The molecule has 0 aliphatic heterocycles. The lowest BCUT2D eigenvalue weighted by atomic mass is 10.2. The second kappa shape index (κ2) is 7.98. The molecule has 1 rings (SSSR count). The molecule has 4 heteroatoms. The van der Waals surface area contributed by atoms with Crippen LogP contribution in [0.15, 0.2) is 23.1 Å². The van der Waals surface area contributed by atoms with Gasteiger partial charge in [-0.1, -0.05) is 25.4 Å². The normalized spacial score (nSPS) is 12.7. The van der Waals surface area contributed by atoms with E-state index in [9.17, 15) is 0 Å². The minimum absolute atomic E-state index is 0.240. The number of rotatable bonds is 7. The molecule has 0 amide bonds. The number of thioether (sulfide) groups is 1. The topological polar surface area (TPSA) is 32.3 Å². The van der Waals surface area contributed by atoms with Crippen molar-refractivity contribution >= 4 is 23.4 Å². The van der Waals surface area contributed by atoms with Gasteiger partial charge in [-0.2, -0.15) is 0 Å². The molecule has 0 fully saturated rings. The molecule has 17 heavy (non-hydrogen) atoms. The molecule has 0 heterocycles. The van der Waals surface area contributed by atoms with Gasteiger partial charge in [-0.3, -0.25) is 0 Å². The van der Waals surface area contributed by atoms with E-state index in [0.717, 1.165) is 24.5 Å². The first-order valence-corrected chi connectivity index (χ1v) is 7.19. The molecule has 96 valence electrons. The minimum Gasteiger partial charge on any atom is -0.396 e. The largest absolute Gasteiger partial charge is 0.396 e. The molecule has 1 aromatic carbocycles. The van der Waals surface area contributed by atoms with E-state index in [1.54, 1.807) is 11.8 Å². The average Bonchev–Trinajstić information content (AvgIpc) is 2.30. The molecule has 0 spiro atoms. The number of aliphatic hydroxyl groups excluding tert-OH is 1. The number of benzene rings is 1. The Morgan fingerprint density at radius 1 is 1.47 bits per heavy atom. The summed E-state index contributed by atoms with van der Waals surface area (Å²) in [4.78, 5) is 1.25. The highest BCUT2D eigenvalue weighted by atomic mass is 35.5. The number of hydrogen-bond donors (Lipinski definition) is 2. The Hall–Kier alpha value is -0.220. The predicted octanol–water partition coefficient (Wildman–Crippen LogP) is 3.31. The van der Waals surface area contributed by atoms with Crippen molar-refractivity contribution in [3.63, 3.8) is 0 Å². The molecule has 0 saturated heterocycles. The smallest absolute Gasteiger partial charge is 0.0441 e. The first-order valence-electron chi connectivity index (χ1n) is 5.94. The van der Waals surface area contributed by atoms with Crippen LogP contribution in [0.3, 0.4) is 0 Å². The molecule has 0 saturated carbocycles. The zero-order chi connectivity index (χ0) is 12.7. The zero-order valence-electron chi connectivity index (χ0n) is 10.4. The highest BCUT2D eigenvalue weighted by Gasteiger charge is 2.08. The van der Waals surface area contributed by atoms with Crippen LogP contribution >= 0.6 is 23.4 Å².